The Morgan fingerprint density at radius 1 is 1.43 bits per heavy atom. The monoisotopic (exact) mass is 291 g/mol. The normalized spacial score (nSPS) is 20.6. The number of aliphatic carboxylic acids is 1. The number of carboxylic acid groups (broad SMARTS) is 1. The fourth-order valence-electron chi connectivity index (χ4n) is 2.81. The van der Waals surface area contributed by atoms with Crippen LogP contribution in [0.2, 0.25) is 0 Å². The number of carbonyl (C=O) groups is 1. The third kappa shape index (κ3) is 4.29. The zero-order valence-corrected chi connectivity index (χ0v) is 12.7. The second-order valence-corrected chi connectivity index (χ2v) is 6.13. The summed E-state index contributed by atoms with van der Waals surface area (Å²) >= 11 is 0. The molecule has 0 saturated carbocycles. The second-order valence-electron chi connectivity index (χ2n) is 6.13. The molecule has 0 bridgehead atoms. The highest BCUT2D eigenvalue weighted by atomic mass is 16.5. The molecule has 0 amide bonds. The van der Waals surface area contributed by atoms with Crippen LogP contribution in [0, 0.1) is 0 Å². The van der Waals surface area contributed by atoms with Crippen molar-refractivity contribution < 1.29 is 14.6 Å². The first-order chi connectivity index (χ1) is 10.0. The van der Waals surface area contributed by atoms with E-state index in [0.29, 0.717) is 13.0 Å². The number of carboxylic acids is 1. The third-order valence-electron chi connectivity index (χ3n) is 4.21. The van der Waals surface area contributed by atoms with E-state index in [4.69, 9.17) is 15.6 Å². The lowest BCUT2D eigenvalue weighted by Crippen LogP contribution is -2.44. The maximum absolute atomic E-state index is 10.9. The number of nitrogens with two attached hydrogens (primary N) is 1. The minimum atomic E-state index is -1.13. The lowest BCUT2D eigenvalue weighted by atomic mass is 9.89. The molecule has 0 saturated heterocycles. The highest BCUT2D eigenvalue weighted by molar-refractivity contribution is 5.77. The van der Waals surface area contributed by atoms with E-state index in [-0.39, 0.29) is 6.10 Å². The van der Waals surface area contributed by atoms with E-state index in [1.165, 1.54) is 17.5 Å². The second kappa shape index (κ2) is 7.05. The molecule has 0 radical (unpaired) electrons. The first kappa shape index (κ1) is 16.0. The van der Waals surface area contributed by atoms with Gasteiger partial charge in [0.2, 0.25) is 0 Å². The molecule has 2 rings (SSSR count). The van der Waals surface area contributed by atoms with E-state index >= 15 is 0 Å². The minimum absolute atomic E-state index is 0.193. The topological polar surface area (TPSA) is 72.5 Å². The average Bonchev–Trinajstić information content (AvgIpc) is 2.47. The number of hydrogen-bond acceptors (Lipinski definition) is 3. The van der Waals surface area contributed by atoms with Crippen LogP contribution in [0.5, 0.6) is 0 Å². The first-order valence-electron chi connectivity index (χ1n) is 7.72. The predicted octanol–water partition coefficient (Wildman–Crippen LogP) is 3.05. The Balaban J connectivity index is 1.74. The van der Waals surface area contributed by atoms with Gasteiger partial charge in [0, 0.05) is 6.61 Å². The summed E-state index contributed by atoms with van der Waals surface area (Å²) in [4.78, 5) is 10.9. The number of aryl methyl sites for hydroxylation is 1. The van der Waals surface area contributed by atoms with Crippen molar-refractivity contribution in [1.29, 1.82) is 0 Å². The van der Waals surface area contributed by atoms with Crippen LogP contribution >= 0.6 is 0 Å². The van der Waals surface area contributed by atoms with Gasteiger partial charge in [0.15, 0.2) is 0 Å². The summed E-state index contributed by atoms with van der Waals surface area (Å²) < 4.78 is 6.00. The van der Waals surface area contributed by atoms with Gasteiger partial charge in [-0.15, -0.1) is 0 Å². The Bertz CT molecular complexity index is 485. The first-order valence-corrected chi connectivity index (χ1v) is 7.72. The maximum atomic E-state index is 10.9. The predicted molar refractivity (Wildman–Crippen MR) is 82.2 cm³/mol. The number of fused-ring (bicyclic) bond motifs is 1. The summed E-state index contributed by atoms with van der Waals surface area (Å²) in [6, 6.07) is 8.47. The zero-order chi connectivity index (χ0) is 15.3. The van der Waals surface area contributed by atoms with Crippen LogP contribution in [0.3, 0.4) is 0 Å². The minimum Gasteiger partial charge on any atom is -0.480 e. The van der Waals surface area contributed by atoms with Gasteiger partial charge in [0.1, 0.15) is 5.54 Å². The number of unbranched alkanes of at least 4 members (excludes halogenated alkanes) is 1. The number of ether oxygens (including phenoxy) is 1. The number of rotatable bonds is 7. The van der Waals surface area contributed by atoms with Crippen LogP contribution in [0.4, 0.5) is 0 Å². The molecule has 2 unspecified atom stereocenters. The molecule has 4 heteroatoms. The zero-order valence-electron chi connectivity index (χ0n) is 12.7. The Morgan fingerprint density at radius 3 is 2.95 bits per heavy atom. The van der Waals surface area contributed by atoms with Gasteiger partial charge in [-0.25, -0.2) is 0 Å². The molecular weight excluding hydrogens is 266 g/mol. The van der Waals surface area contributed by atoms with Gasteiger partial charge < -0.3 is 15.6 Å². The van der Waals surface area contributed by atoms with Crippen molar-refractivity contribution >= 4 is 5.97 Å². The van der Waals surface area contributed by atoms with Crippen molar-refractivity contribution in [2.45, 2.75) is 57.1 Å². The maximum Gasteiger partial charge on any atom is 0.323 e. The lowest BCUT2D eigenvalue weighted by Gasteiger charge is -2.26. The van der Waals surface area contributed by atoms with E-state index in [1.54, 1.807) is 6.92 Å². The van der Waals surface area contributed by atoms with E-state index in [2.05, 4.69) is 24.3 Å². The molecule has 1 aromatic rings. The van der Waals surface area contributed by atoms with Gasteiger partial charge in [-0.05, 0) is 56.6 Å². The summed E-state index contributed by atoms with van der Waals surface area (Å²) in [6.45, 7) is 2.22. The van der Waals surface area contributed by atoms with E-state index in [9.17, 15) is 4.79 Å². The van der Waals surface area contributed by atoms with Gasteiger partial charge in [0.05, 0.1) is 6.10 Å². The molecule has 116 valence electrons. The van der Waals surface area contributed by atoms with E-state index in [1.807, 2.05) is 0 Å². The summed E-state index contributed by atoms with van der Waals surface area (Å²) in [5.74, 6) is -0.940. The Labute approximate surface area is 126 Å². The van der Waals surface area contributed by atoms with E-state index in [0.717, 1.165) is 25.7 Å². The average molecular weight is 291 g/mol. The molecule has 2 atom stereocenters. The van der Waals surface area contributed by atoms with Crippen LogP contribution in [0.1, 0.15) is 56.3 Å². The molecular formula is C17H25NO3. The fourth-order valence-corrected chi connectivity index (χ4v) is 2.81. The van der Waals surface area contributed by atoms with Gasteiger partial charge in [-0.3, -0.25) is 4.79 Å². The van der Waals surface area contributed by atoms with Crippen LogP contribution in [-0.4, -0.2) is 23.2 Å². The molecule has 21 heavy (non-hydrogen) atoms. The number of hydrogen-bond donors (Lipinski definition) is 2. The molecule has 1 aliphatic carbocycles. The molecule has 0 aromatic heterocycles. The van der Waals surface area contributed by atoms with Crippen molar-refractivity contribution in [3.8, 4) is 0 Å². The smallest absolute Gasteiger partial charge is 0.323 e. The van der Waals surface area contributed by atoms with E-state index < -0.39 is 11.5 Å². The van der Waals surface area contributed by atoms with Crippen molar-refractivity contribution in [3.63, 3.8) is 0 Å². The highest BCUT2D eigenvalue weighted by Crippen LogP contribution is 2.32. The summed E-state index contributed by atoms with van der Waals surface area (Å²) in [7, 11) is 0. The fraction of sp³-hybridized carbons (Fsp3) is 0.588. The molecule has 3 N–H and O–H groups in total. The summed E-state index contributed by atoms with van der Waals surface area (Å²) in [5.41, 5.74) is 7.29. The Hall–Kier alpha value is -1.39. The third-order valence-corrected chi connectivity index (χ3v) is 4.21. The van der Waals surface area contributed by atoms with Crippen LogP contribution < -0.4 is 5.73 Å². The van der Waals surface area contributed by atoms with Crippen molar-refractivity contribution in [1.82, 2.24) is 0 Å². The summed E-state index contributed by atoms with van der Waals surface area (Å²) in [6.07, 6.45) is 5.67. The van der Waals surface area contributed by atoms with Crippen LogP contribution in [-0.2, 0) is 16.0 Å². The Morgan fingerprint density at radius 2 is 2.19 bits per heavy atom. The quantitative estimate of drug-likeness (QED) is 0.757. The SMILES string of the molecule is CC(N)(CCCCOC1CCCc2ccccc21)C(=O)O. The summed E-state index contributed by atoms with van der Waals surface area (Å²) in [5, 5.41) is 8.95. The van der Waals surface area contributed by atoms with Crippen LogP contribution in [0.15, 0.2) is 24.3 Å². The van der Waals surface area contributed by atoms with Gasteiger partial charge in [-0.2, -0.15) is 0 Å². The molecule has 0 heterocycles. The molecule has 0 spiro atoms. The molecule has 0 fully saturated rings. The molecule has 1 aliphatic rings. The van der Waals surface area contributed by atoms with Gasteiger partial charge in [0.25, 0.3) is 0 Å². The molecule has 1 aromatic carbocycles. The van der Waals surface area contributed by atoms with Gasteiger partial charge in [-0.1, -0.05) is 24.3 Å². The van der Waals surface area contributed by atoms with Crippen molar-refractivity contribution in [2.75, 3.05) is 6.61 Å². The highest BCUT2D eigenvalue weighted by Gasteiger charge is 2.27. The number of benzene rings is 1. The molecule has 0 aliphatic heterocycles. The largest absolute Gasteiger partial charge is 0.480 e. The van der Waals surface area contributed by atoms with Crippen molar-refractivity contribution in [2.24, 2.45) is 5.73 Å². The Kier molecular flexibility index (Phi) is 5.37. The van der Waals surface area contributed by atoms with Crippen molar-refractivity contribution in [3.05, 3.63) is 35.4 Å². The standard InChI is InChI=1S/C17H25NO3/c1-17(18,16(19)20)11-4-5-12-21-15-10-6-8-13-7-2-3-9-14(13)15/h2-3,7,9,15H,4-6,8,10-12,18H2,1H3,(H,19,20). The van der Waals surface area contributed by atoms with Gasteiger partial charge >= 0.3 is 5.97 Å². The van der Waals surface area contributed by atoms with Crippen LogP contribution in [0.25, 0.3) is 0 Å². The lowest BCUT2D eigenvalue weighted by molar-refractivity contribution is -0.143. The molecule has 4 nitrogen and oxygen atoms in total.